The smallest absolute Gasteiger partial charge is 0.220 e. The van der Waals surface area contributed by atoms with Gasteiger partial charge in [0.15, 0.2) is 0 Å². The molecule has 1 N–H and O–H groups in total. The van der Waals surface area contributed by atoms with E-state index in [1.807, 2.05) is 21.6 Å². The van der Waals surface area contributed by atoms with Crippen LogP contribution in [0.4, 0.5) is 0 Å². The number of amides is 1. The lowest BCUT2D eigenvalue weighted by atomic mass is 10.1. The largest absolute Gasteiger partial charge is 0.355 e. The van der Waals surface area contributed by atoms with E-state index in [0.29, 0.717) is 12.3 Å². The zero-order valence-corrected chi connectivity index (χ0v) is 16.6. The number of nitrogens with one attached hydrogen (secondary N) is 1. The first-order valence-corrected chi connectivity index (χ1v) is 11.7. The first-order valence-electron chi connectivity index (χ1n) is 9.18. The van der Waals surface area contributed by atoms with Crippen LogP contribution in [-0.4, -0.2) is 24.0 Å². The van der Waals surface area contributed by atoms with Crippen molar-refractivity contribution in [2.24, 2.45) is 5.92 Å². The van der Waals surface area contributed by atoms with Gasteiger partial charge in [-0.2, -0.15) is 0 Å². The number of rotatable bonds is 16. The monoisotopic (exact) mass is 347 g/mol. The topological polar surface area (TPSA) is 29.1 Å². The van der Waals surface area contributed by atoms with Gasteiger partial charge >= 0.3 is 0 Å². The van der Waals surface area contributed by atoms with Gasteiger partial charge in [0.25, 0.3) is 0 Å². The fourth-order valence-electron chi connectivity index (χ4n) is 2.15. The van der Waals surface area contributed by atoms with Gasteiger partial charge in [0, 0.05) is 24.5 Å². The van der Waals surface area contributed by atoms with Crippen molar-refractivity contribution in [1.82, 2.24) is 5.32 Å². The second-order valence-electron chi connectivity index (χ2n) is 6.40. The Bertz CT molecular complexity index is 247. The Morgan fingerprint density at radius 2 is 1.50 bits per heavy atom. The molecule has 0 saturated carbocycles. The van der Waals surface area contributed by atoms with E-state index < -0.39 is 0 Å². The third kappa shape index (κ3) is 18.2. The molecule has 0 saturated heterocycles. The third-order valence-electron chi connectivity index (χ3n) is 3.62. The second-order valence-corrected chi connectivity index (χ2v) is 9.10. The molecule has 0 aromatic rings. The van der Waals surface area contributed by atoms with E-state index in [9.17, 15) is 4.79 Å². The van der Waals surface area contributed by atoms with Crippen molar-refractivity contribution in [1.29, 1.82) is 0 Å². The molecule has 0 spiro atoms. The molecule has 4 heteroatoms. The molecule has 0 unspecified atom stereocenters. The fourth-order valence-corrected chi connectivity index (χ4v) is 4.21. The molecule has 0 heterocycles. The van der Waals surface area contributed by atoms with Crippen LogP contribution in [0.5, 0.6) is 0 Å². The summed E-state index contributed by atoms with van der Waals surface area (Å²) in [5, 5.41) is 3.00. The fraction of sp³-hybridized carbons (Fsp3) is 0.944. The Balaban J connectivity index is 3.09. The molecule has 0 atom stereocenters. The van der Waals surface area contributed by atoms with E-state index >= 15 is 0 Å². The van der Waals surface area contributed by atoms with Crippen LogP contribution in [0.1, 0.15) is 85.0 Å². The van der Waals surface area contributed by atoms with Crippen LogP contribution >= 0.6 is 21.6 Å². The van der Waals surface area contributed by atoms with E-state index in [4.69, 9.17) is 0 Å². The highest BCUT2D eigenvalue weighted by atomic mass is 33.1. The lowest BCUT2D eigenvalue weighted by Crippen LogP contribution is -2.25. The van der Waals surface area contributed by atoms with Crippen molar-refractivity contribution < 1.29 is 4.79 Å². The highest BCUT2D eigenvalue weighted by molar-refractivity contribution is 8.76. The summed E-state index contributed by atoms with van der Waals surface area (Å²) >= 11 is 0. The molecule has 2 nitrogen and oxygen atoms in total. The molecule has 0 rings (SSSR count). The molecule has 1 amide bonds. The normalized spacial score (nSPS) is 11.1. The molecule has 0 aliphatic heterocycles. The van der Waals surface area contributed by atoms with Gasteiger partial charge in [-0.1, -0.05) is 87.3 Å². The van der Waals surface area contributed by atoms with E-state index in [1.165, 1.54) is 57.1 Å². The first kappa shape index (κ1) is 22.2. The Kier molecular flexibility index (Phi) is 17.7. The van der Waals surface area contributed by atoms with Crippen molar-refractivity contribution in [2.75, 3.05) is 18.1 Å². The Labute approximate surface area is 146 Å². The van der Waals surface area contributed by atoms with Gasteiger partial charge in [-0.15, -0.1) is 0 Å². The summed E-state index contributed by atoms with van der Waals surface area (Å²) in [6.45, 7) is 7.40. The molecule has 0 aromatic carbocycles. The quantitative estimate of drug-likeness (QED) is 0.272. The Morgan fingerprint density at radius 1 is 0.909 bits per heavy atom. The number of unbranched alkanes of at least 4 members (excludes halogenated alkanes) is 7. The van der Waals surface area contributed by atoms with Gasteiger partial charge in [-0.3, -0.25) is 4.79 Å². The van der Waals surface area contributed by atoms with Crippen molar-refractivity contribution in [3.05, 3.63) is 0 Å². The highest BCUT2D eigenvalue weighted by Gasteiger charge is 2.02. The summed E-state index contributed by atoms with van der Waals surface area (Å²) in [6, 6.07) is 0. The molecule has 22 heavy (non-hydrogen) atoms. The van der Waals surface area contributed by atoms with Crippen LogP contribution in [0.15, 0.2) is 0 Å². The summed E-state index contributed by atoms with van der Waals surface area (Å²) in [5.74, 6) is 3.10. The predicted octanol–water partition coefficient (Wildman–Crippen LogP) is 6.06. The van der Waals surface area contributed by atoms with E-state index in [-0.39, 0.29) is 5.91 Å². The average Bonchev–Trinajstić information content (AvgIpc) is 2.49. The van der Waals surface area contributed by atoms with E-state index in [1.54, 1.807) is 0 Å². The van der Waals surface area contributed by atoms with Gasteiger partial charge in [0.1, 0.15) is 0 Å². The Hall–Kier alpha value is 0.170. The maximum absolute atomic E-state index is 11.5. The number of hydrogen-bond acceptors (Lipinski definition) is 3. The summed E-state index contributed by atoms with van der Waals surface area (Å²) in [7, 11) is 3.86. The summed E-state index contributed by atoms with van der Waals surface area (Å²) in [4.78, 5) is 11.5. The zero-order chi connectivity index (χ0) is 16.5. The number of carbonyl (C=O) groups is 1. The average molecular weight is 348 g/mol. The predicted molar refractivity (Wildman–Crippen MR) is 105 cm³/mol. The maximum atomic E-state index is 11.5. The molecule has 0 bridgehead atoms. The van der Waals surface area contributed by atoms with Crippen LogP contribution in [0.3, 0.4) is 0 Å². The van der Waals surface area contributed by atoms with E-state index in [0.717, 1.165) is 18.7 Å². The van der Waals surface area contributed by atoms with Crippen molar-refractivity contribution in [3.63, 3.8) is 0 Å². The highest BCUT2D eigenvalue weighted by Crippen LogP contribution is 2.22. The van der Waals surface area contributed by atoms with Gasteiger partial charge in [0.2, 0.25) is 5.91 Å². The Morgan fingerprint density at radius 3 is 2.14 bits per heavy atom. The van der Waals surface area contributed by atoms with Crippen molar-refractivity contribution >= 4 is 27.5 Å². The first-order chi connectivity index (χ1) is 10.7. The van der Waals surface area contributed by atoms with Gasteiger partial charge in [-0.05, 0) is 18.8 Å². The maximum Gasteiger partial charge on any atom is 0.220 e. The lowest BCUT2D eigenvalue weighted by molar-refractivity contribution is -0.121. The molecule has 0 radical (unpaired) electrons. The van der Waals surface area contributed by atoms with Gasteiger partial charge in [0.05, 0.1) is 0 Å². The van der Waals surface area contributed by atoms with Crippen LogP contribution in [0, 0.1) is 5.92 Å². The molecule has 0 aliphatic carbocycles. The molecule has 0 aliphatic rings. The van der Waals surface area contributed by atoms with Crippen molar-refractivity contribution in [2.45, 2.75) is 85.0 Å². The number of carbonyl (C=O) groups excluding carboxylic acids is 1. The molecular formula is C18H37NOS2. The van der Waals surface area contributed by atoms with Crippen LogP contribution < -0.4 is 5.32 Å². The minimum atomic E-state index is 0.211. The van der Waals surface area contributed by atoms with Crippen LogP contribution in [0.25, 0.3) is 0 Å². The lowest BCUT2D eigenvalue weighted by Gasteiger charge is -2.06. The van der Waals surface area contributed by atoms with Crippen LogP contribution in [-0.2, 0) is 4.79 Å². The van der Waals surface area contributed by atoms with Gasteiger partial charge < -0.3 is 5.32 Å². The number of hydrogen-bond donors (Lipinski definition) is 1. The summed E-state index contributed by atoms with van der Waals surface area (Å²) in [6.07, 6.45) is 12.8. The summed E-state index contributed by atoms with van der Waals surface area (Å²) in [5.41, 5.74) is 0. The molecule has 0 aromatic heterocycles. The zero-order valence-electron chi connectivity index (χ0n) is 15.0. The standard InChI is InChI=1S/C18H37NOS2/c1-4-5-6-7-8-9-10-11-15-21-22-16-14-19-18(20)13-12-17(2)3/h17H,4-16H2,1-3H3,(H,19,20). The third-order valence-corrected chi connectivity index (χ3v) is 6.11. The SMILES string of the molecule is CCCCCCCCCCSSCCNC(=O)CCC(C)C. The van der Waals surface area contributed by atoms with Crippen molar-refractivity contribution in [3.8, 4) is 0 Å². The second kappa shape index (κ2) is 17.5. The summed E-state index contributed by atoms with van der Waals surface area (Å²) < 4.78 is 0. The minimum absolute atomic E-state index is 0.211. The van der Waals surface area contributed by atoms with E-state index in [2.05, 4.69) is 26.1 Å². The van der Waals surface area contributed by atoms with Gasteiger partial charge in [-0.25, -0.2) is 0 Å². The molecule has 0 fully saturated rings. The molecule has 132 valence electrons. The minimum Gasteiger partial charge on any atom is -0.355 e. The van der Waals surface area contributed by atoms with Crippen LogP contribution in [0.2, 0.25) is 0 Å². The molecular weight excluding hydrogens is 310 g/mol.